The Bertz CT molecular complexity index is 346. The lowest BCUT2D eigenvalue weighted by Crippen LogP contribution is -2.33. The Labute approximate surface area is 83.5 Å². The largest absolute Gasteiger partial charge is 0.368 e. The molecule has 0 atom stereocenters. The summed E-state index contributed by atoms with van der Waals surface area (Å²) in [5.41, 5.74) is 2.21. The number of hydrogen-bond acceptors (Lipinski definition) is 3. The molecule has 1 aromatic rings. The molecule has 76 valence electrons. The zero-order valence-electron chi connectivity index (χ0n) is 8.66. The number of carbonyl (C=O) groups is 1. The second-order valence-electron chi connectivity index (χ2n) is 3.80. The van der Waals surface area contributed by atoms with E-state index in [9.17, 15) is 4.79 Å². The van der Waals surface area contributed by atoms with Crippen molar-refractivity contribution in [1.29, 1.82) is 0 Å². The van der Waals surface area contributed by atoms with Gasteiger partial charge in [-0.15, -0.1) is 0 Å². The molecule has 1 fully saturated rings. The van der Waals surface area contributed by atoms with Crippen LogP contribution in [-0.4, -0.2) is 28.7 Å². The highest BCUT2D eigenvalue weighted by molar-refractivity contribution is 5.81. The first-order valence-electron chi connectivity index (χ1n) is 4.93. The molecule has 0 spiro atoms. The van der Waals surface area contributed by atoms with E-state index in [2.05, 4.69) is 10.00 Å². The lowest BCUT2D eigenvalue weighted by molar-refractivity contribution is -0.119. The number of rotatable bonds is 1. The first-order valence-corrected chi connectivity index (χ1v) is 4.93. The van der Waals surface area contributed by atoms with Crippen molar-refractivity contribution in [1.82, 2.24) is 9.78 Å². The van der Waals surface area contributed by atoms with Crippen LogP contribution in [0.1, 0.15) is 18.5 Å². The molecule has 1 aromatic heterocycles. The lowest BCUT2D eigenvalue weighted by Gasteiger charge is -2.27. The zero-order valence-corrected chi connectivity index (χ0v) is 8.66. The molecule has 4 heteroatoms. The van der Waals surface area contributed by atoms with Gasteiger partial charge in [-0.25, -0.2) is 0 Å². The third-order valence-corrected chi connectivity index (χ3v) is 2.65. The van der Waals surface area contributed by atoms with E-state index in [0.717, 1.165) is 18.8 Å². The highest BCUT2D eigenvalue weighted by atomic mass is 16.1. The van der Waals surface area contributed by atoms with Crippen LogP contribution in [0.4, 0.5) is 5.69 Å². The summed E-state index contributed by atoms with van der Waals surface area (Å²) in [6.45, 7) is 3.68. The molecule has 1 aliphatic heterocycles. The Morgan fingerprint density at radius 2 is 2.00 bits per heavy atom. The molecule has 0 amide bonds. The smallest absolute Gasteiger partial charge is 0.136 e. The number of aryl methyl sites for hydroxylation is 2. The molecule has 14 heavy (non-hydrogen) atoms. The van der Waals surface area contributed by atoms with Crippen molar-refractivity contribution < 1.29 is 4.79 Å². The summed E-state index contributed by atoms with van der Waals surface area (Å²) >= 11 is 0. The molecule has 1 aliphatic rings. The second kappa shape index (κ2) is 3.44. The molecule has 1 saturated heterocycles. The molecule has 0 N–H and O–H groups in total. The molecule has 2 rings (SSSR count). The predicted octanol–water partition coefficient (Wildman–Crippen LogP) is 0.898. The van der Waals surface area contributed by atoms with Crippen molar-refractivity contribution in [2.24, 2.45) is 7.05 Å². The topological polar surface area (TPSA) is 38.1 Å². The number of aromatic nitrogens is 2. The van der Waals surface area contributed by atoms with Crippen LogP contribution >= 0.6 is 0 Å². The molecule has 0 aliphatic carbocycles. The Kier molecular flexibility index (Phi) is 2.27. The van der Waals surface area contributed by atoms with E-state index in [0.29, 0.717) is 18.6 Å². The van der Waals surface area contributed by atoms with Crippen molar-refractivity contribution in [3.8, 4) is 0 Å². The highest BCUT2D eigenvalue weighted by Gasteiger charge is 2.18. The van der Waals surface area contributed by atoms with Gasteiger partial charge in [0.2, 0.25) is 0 Å². The van der Waals surface area contributed by atoms with Crippen LogP contribution in [0, 0.1) is 6.92 Å². The Hall–Kier alpha value is -1.32. The number of anilines is 1. The number of piperidine rings is 1. The number of ketones is 1. The normalized spacial score (nSPS) is 17.6. The zero-order chi connectivity index (χ0) is 10.1. The van der Waals surface area contributed by atoms with E-state index in [1.165, 1.54) is 5.69 Å². The van der Waals surface area contributed by atoms with E-state index in [1.807, 2.05) is 24.9 Å². The van der Waals surface area contributed by atoms with Crippen LogP contribution in [0.25, 0.3) is 0 Å². The summed E-state index contributed by atoms with van der Waals surface area (Å²) in [4.78, 5) is 13.3. The van der Waals surface area contributed by atoms with Crippen molar-refractivity contribution in [2.75, 3.05) is 18.0 Å². The minimum atomic E-state index is 0.378. The van der Waals surface area contributed by atoms with Crippen molar-refractivity contribution in [2.45, 2.75) is 19.8 Å². The van der Waals surface area contributed by atoms with Gasteiger partial charge in [0.25, 0.3) is 0 Å². The van der Waals surface area contributed by atoms with Gasteiger partial charge in [-0.05, 0) is 6.92 Å². The molecule has 2 heterocycles. The molecular weight excluding hydrogens is 178 g/mol. The van der Waals surface area contributed by atoms with Gasteiger partial charge >= 0.3 is 0 Å². The average molecular weight is 193 g/mol. The summed E-state index contributed by atoms with van der Waals surface area (Å²) in [6, 6.07) is 0. The van der Waals surface area contributed by atoms with Gasteiger partial charge in [0.15, 0.2) is 0 Å². The van der Waals surface area contributed by atoms with Crippen LogP contribution in [-0.2, 0) is 11.8 Å². The van der Waals surface area contributed by atoms with E-state index in [1.54, 1.807) is 0 Å². The molecule has 0 aromatic carbocycles. The van der Waals surface area contributed by atoms with Gasteiger partial charge in [0.05, 0.1) is 11.4 Å². The maximum Gasteiger partial charge on any atom is 0.136 e. The van der Waals surface area contributed by atoms with E-state index in [4.69, 9.17) is 0 Å². The number of Topliss-reactive ketones (excluding diaryl/α,β-unsaturated/α-hetero) is 1. The van der Waals surface area contributed by atoms with Crippen LogP contribution < -0.4 is 4.90 Å². The minimum absolute atomic E-state index is 0.378. The van der Waals surface area contributed by atoms with E-state index in [-0.39, 0.29) is 0 Å². The summed E-state index contributed by atoms with van der Waals surface area (Å²) < 4.78 is 1.82. The Morgan fingerprint density at radius 1 is 1.36 bits per heavy atom. The Morgan fingerprint density at radius 3 is 2.50 bits per heavy atom. The summed E-state index contributed by atoms with van der Waals surface area (Å²) in [5, 5.41) is 4.30. The maximum atomic E-state index is 11.1. The minimum Gasteiger partial charge on any atom is -0.368 e. The van der Waals surface area contributed by atoms with E-state index >= 15 is 0 Å². The van der Waals surface area contributed by atoms with Gasteiger partial charge in [-0.1, -0.05) is 0 Å². The van der Waals surface area contributed by atoms with Crippen LogP contribution in [0.2, 0.25) is 0 Å². The Balaban J connectivity index is 2.15. The van der Waals surface area contributed by atoms with Gasteiger partial charge in [-0.2, -0.15) is 5.10 Å². The predicted molar refractivity (Wildman–Crippen MR) is 54.4 cm³/mol. The monoisotopic (exact) mass is 193 g/mol. The maximum absolute atomic E-state index is 11.1. The quantitative estimate of drug-likeness (QED) is 0.665. The molecule has 0 saturated carbocycles. The number of carbonyl (C=O) groups excluding carboxylic acids is 1. The number of nitrogens with zero attached hydrogens (tertiary/aromatic N) is 3. The first-order chi connectivity index (χ1) is 6.66. The fourth-order valence-electron chi connectivity index (χ4n) is 1.89. The first kappa shape index (κ1) is 9.24. The number of hydrogen-bond donors (Lipinski definition) is 0. The third-order valence-electron chi connectivity index (χ3n) is 2.65. The summed E-state index contributed by atoms with van der Waals surface area (Å²) in [6.07, 6.45) is 3.37. The fourth-order valence-corrected chi connectivity index (χ4v) is 1.89. The van der Waals surface area contributed by atoms with Gasteiger partial charge in [0.1, 0.15) is 5.78 Å². The highest BCUT2D eigenvalue weighted by Crippen LogP contribution is 2.21. The van der Waals surface area contributed by atoms with E-state index < -0.39 is 0 Å². The van der Waals surface area contributed by atoms with Crippen molar-refractivity contribution >= 4 is 11.5 Å². The van der Waals surface area contributed by atoms with Crippen LogP contribution in [0.3, 0.4) is 0 Å². The summed E-state index contributed by atoms with van der Waals surface area (Å²) in [5.74, 6) is 0.378. The standard InChI is InChI=1S/C10H15N3O/c1-8-10(7-12(2)11-8)13-5-3-9(14)4-6-13/h7H,3-6H2,1-2H3. The molecular formula is C10H15N3O. The SMILES string of the molecule is Cc1nn(C)cc1N1CCC(=O)CC1. The van der Waals surface area contributed by atoms with Gasteiger partial charge < -0.3 is 4.90 Å². The van der Waals surface area contributed by atoms with Gasteiger partial charge in [0, 0.05) is 39.2 Å². The van der Waals surface area contributed by atoms with Crippen molar-refractivity contribution in [3.63, 3.8) is 0 Å². The van der Waals surface area contributed by atoms with Crippen molar-refractivity contribution in [3.05, 3.63) is 11.9 Å². The van der Waals surface area contributed by atoms with Crippen LogP contribution in [0.15, 0.2) is 6.20 Å². The van der Waals surface area contributed by atoms with Crippen LogP contribution in [0.5, 0.6) is 0 Å². The second-order valence-corrected chi connectivity index (χ2v) is 3.80. The molecule has 0 unspecified atom stereocenters. The lowest BCUT2D eigenvalue weighted by atomic mass is 10.1. The summed E-state index contributed by atoms with van der Waals surface area (Å²) in [7, 11) is 1.92. The molecule has 0 radical (unpaired) electrons. The molecule has 4 nitrogen and oxygen atoms in total. The third kappa shape index (κ3) is 1.64. The fraction of sp³-hybridized carbons (Fsp3) is 0.600. The van der Waals surface area contributed by atoms with Gasteiger partial charge in [-0.3, -0.25) is 9.48 Å². The molecule has 0 bridgehead atoms. The average Bonchev–Trinajstić information content (AvgIpc) is 2.47.